The minimum Gasteiger partial charge on any atom is -0.496 e. The van der Waals surface area contributed by atoms with Crippen molar-refractivity contribution in [2.45, 2.75) is 13.8 Å². The number of hydrogen-bond acceptors (Lipinski definition) is 5. The van der Waals surface area contributed by atoms with Crippen LogP contribution in [0.3, 0.4) is 0 Å². The Bertz CT molecular complexity index is 770. The molecule has 0 aliphatic carbocycles. The van der Waals surface area contributed by atoms with Crippen LogP contribution >= 0.6 is 0 Å². The van der Waals surface area contributed by atoms with E-state index in [0.717, 1.165) is 33.5 Å². The molecule has 0 radical (unpaired) electrons. The molecular formula is C14H15N5O. The molecule has 0 saturated carbocycles. The van der Waals surface area contributed by atoms with Gasteiger partial charge in [-0.25, -0.2) is 9.97 Å². The highest BCUT2D eigenvalue weighted by molar-refractivity contribution is 5.98. The van der Waals surface area contributed by atoms with Crippen LogP contribution in [0, 0.1) is 13.8 Å². The van der Waals surface area contributed by atoms with Gasteiger partial charge in [-0.2, -0.15) is 5.10 Å². The molecule has 0 amide bonds. The van der Waals surface area contributed by atoms with Crippen LogP contribution in [0.25, 0.3) is 22.3 Å². The molecule has 0 atom stereocenters. The van der Waals surface area contributed by atoms with Crippen LogP contribution in [0.2, 0.25) is 0 Å². The number of nitrogens with two attached hydrogens (primary N) is 1. The first-order valence-electron chi connectivity index (χ1n) is 6.22. The molecule has 102 valence electrons. The number of methoxy groups -OCH3 is 1. The second kappa shape index (κ2) is 4.48. The number of benzene rings is 1. The number of fused-ring (bicyclic) bond motifs is 1. The van der Waals surface area contributed by atoms with Crippen molar-refractivity contribution in [3.8, 4) is 17.0 Å². The van der Waals surface area contributed by atoms with E-state index in [4.69, 9.17) is 10.5 Å². The number of nitrogens with zero attached hydrogens (tertiary/aromatic N) is 3. The van der Waals surface area contributed by atoms with E-state index in [1.807, 2.05) is 26.0 Å². The Morgan fingerprint density at radius 1 is 1.15 bits per heavy atom. The molecule has 2 aromatic heterocycles. The van der Waals surface area contributed by atoms with Crippen molar-refractivity contribution in [1.29, 1.82) is 0 Å². The van der Waals surface area contributed by atoms with Gasteiger partial charge in [0.15, 0.2) is 5.65 Å². The van der Waals surface area contributed by atoms with E-state index in [0.29, 0.717) is 11.5 Å². The number of ether oxygens (including phenoxy) is 1. The fourth-order valence-corrected chi connectivity index (χ4v) is 2.50. The van der Waals surface area contributed by atoms with Crippen LogP contribution in [-0.2, 0) is 0 Å². The third-order valence-corrected chi connectivity index (χ3v) is 3.32. The largest absolute Gasteiger partial charge is 0.496 e. The Balaban J connectivity index is 2.26. The Kier molecular flexibility index (Phi) is 2.78. The highest BCUT2D eigenvalue weighted by atomic mass is 16.5. The van der Waals surface area contributed by atoms with E-state index in [-0.39, 0.29) is 0 Å². The van der Waals surface area contributed by atoms with Gasteiger partial charge in [0.05, 0.1) is 12.5 Å². The van der Waals surface area contributed by atoms with E-state index in [1.54, 1.807) is 7.11 Å². The second-order valence-electron chi connectivity index (χ2n) is 4.70. The second-order valence-corrected chi connectivity index (χ2v) is 4.70. The van der Waals surface area contributed by atoms with Gasteiger partial charge >= 0.3 is 0 Å². The van der Waals surface area contributed by atoms with Crippen molar-refractivity contribution >= 4 is 16.9 Å². The van der Waals surface area contributed by atoms with Crippen molar-refractivity contribution in [2.24, 2.45) is 0 Å². The fraction of sp³-hybridized carbons (Fsp3) is 0.214. The minimum absolute atomic E-state index is 0.421. The molecule has 3 aromatic rings. The monoisotopic (exact) mass is 269 g/mol. The molecule has 0 aliphatic rings. The van der Waals surface area contributed by atoms with E-state index >= 15 is 0 Å². The number of hydrogen-bond donors (Lipinski definition) is 2. The summed E-state index contributed by atoms with van der Waals surface area (Å²) in [6.07, 6.45) is 1.42. The lowest BCUT2D eigenvalue weighted by Crippen LogP contribution is -1.94. The first kappa shape index (κ1) is 12.4. The lowest BCUT2D eigenvalue weighted by atomic mass is 10.0. The Hall–Kier alpha value is -2.63. The number of anilines is 1. The van der Waals surface area contributed by atoms with Gasteiger partial charge in [-0.15, -0.1) is 0 Å². The van der Waals surface area contributed by atoms with Crippen molar-refractivity contribution in [2.75, 3.05) is 12.8 Å². The Labute approximate surface area is 116 Å². The van der Waals surface area contributed by atoms with E-state index < -0.39 is 0 Å². The van der Waals surface area contributed by atoms with Crippen molar-refractivity contribution < 1.29 is 4.74 Å². The third kappa shape index (κ3) is 1.77. The van der Waals surface area contributed by atoms with Crippen molar-refractivity contribution in [3.63, 3.8) is 0 Å². The number of H-pyrrole nitrogens is 1. The van der Waals surface area contributed by atoms with E-state index in [2.05, 4.69) is 20.2 Å². The van der Waals surface area contributed by atoms with Gasteiger partial charge in [-0.05, 0) is 37.1 Å². The molecular weight excluding hydrogens is 254 g/mol. The fourth-order valence-electron chi connectivity index (χ4n) is 2.50. The zero-order valence-electron chi connectivity index (χ0n) is 11.6. The Morgan fingerprint density at radius 3 is 2.50 bits per heavy atom. The predicted octanol–water partition coefficient (Wildman–Crippen LogP) is 2.23. The van der Waals surface area contributed by atoms with Crippen molar-refractivity contribution in [3.05, 3.63) is 29.6 Å². The summed E-state index contributed by atoms with van der Waals surface area (Å²) in [5, 5.41) is 7.95. The summed E-state index contributed by atoms with van der Waals surface area (Å²) >= 11 is 0. The van der Waals surface area contributed by atoms with Gasteiger partial charge in [0, 0.05) is 5.56 Å². The molecule has 6 nitrogen and oxygen atoms in total. The highest BCUT2D eigenvalue weighted by Crippen LogP contribution is 2.33. The number of aryl methyl sites for hydroxylation is 2. The molecule has 6 heteroatoms. The van der Waals surface area contributed by atoms with Crippen LogP contribution in [-0.4, -0.2) is 27.3 Å². The van der Waals surface area contributed by atoms with Crippen LogP contribution < -0.4 is 10.5 Å². The Morgan fingerprint density at radius 2 is 1.85 bits per heavy atom. The van der Waals surface area contributed by atoms with Gasteiger partial charge in [0.2, 0.25) is 0 Å². The normalized spacial score (nSPS) is 10.9. The zero-order valence-corrected chi connectivity index (χ0v) is 11.6. The SMILES string of the molecule is COc1c(C)cc(-c2n[nH]c3ncnc(N)c23)cc1C. The molecule has 0 saturated heterocycles. The highest BCUT2D eigenvalue weighted by Gasteiger charge is 2.15. The van der Waals surface area contributed by atoms with E-state index in [1.165, 1.54) is 6.33 Å². The van der Waals surface area contributed by atoms with Gasteiger partial charge < -0.3 is 10.5 Å². The summed E-state index contributed by atoms with van der Waals surface area (Å²) in [5.41, 5.74) is 10.4. The molecule has 0 bridgehead atoms. The molecule has 3 rings (SSSR count). The van der Waals surface area contributed by atoms with Crippen LogP contribution in [0.4, 0.5) is 5.82 Å². The summed E-state index contributed by atoms with van der Waals surface area (Å²) in [7, 11) is 1.67. The molecule has 20 heavy (non-hydrogen) atoms. The molecule has 0 unspecified atom stereocenters. The topological polar surface area (TPSA) is 89.7 Å². The van der Waals surface area contributed by atoms with Gasteiger partial charge in [-0.1, -0.05) is 0 Å². The smallest absolute Gasteiger partial charge is 0.161 e. The predicted molar refractivity (Wildman–Crippen MR) is 77.6 cm³/mol. The molecule has 1 aromatic carbocycles. The van der Waals surface area contributed by atoms with Crippen molar-refractivity contribution in [1.82, 2.24) is 20.2 Å². The standard InChI is InChI=1S/C14H15N5O/c1-7-4-9(5-8(2)12(7)20-3)11-10-13(15)16-6-17-14(10)19-18-11/h4-6H,1-3H3,(H3,15,16,17,18,19). The van der Waals surface area contributed by atoms with Gasteiger partial charge in [0.1, 0.15) is 23.6 Å². The third-order valence-electron chi connectivity index (χ3n) is 3.32. The molecule has 3 N–H and O–H groups in total. The molecule has 0 fully saturated rings. The minimum atomic E-state index is 0.421. The maximum atomic E-state index is 5.94. The lowest BCUT2D eigenvalue weighted by Gasteiger charge is -2.10. The summed E-state index contributed by atoms with van der Waals surface area (Å²) in [5.74, 6) is 1.31. The van der Waals surface area contributed by atoms with Crippen LogP contribution in [0.1, 0.15) is 11.1 Å². The average molecular weight is 269 g/mol. The number of aromatic amines is 1. The first-order valence-corrected chi connectivity index (χ1v) is 6.22. The van der Waals surface area contributed by atoms with Crippen LogP contribution in [0.5, 0.6) is 5.75 Å². The van der Waals surface area contributed by atoms with E-state index in [9.17, 15) is 0 Å². The number of nitrogen functional groups attached to an aromatic ring is 1. The number of nitrogens with one attached hydrogen (secondary N) is 1. The quantitative estimate of drug-likeness (QED) is 0.744. The summed E-state index contributed by atoms with van der Waals surface area (Å²) in [6.45, 7) is 4.01. The molecule has 0 spiro atoms. The zero-order chi connectivity index (χ0) is 14.3. The van der Waals surface area contributed by atoms with Crippen LogP contribution in [0.15, 0.2) is 18.5 Å². The number of aromatic nitrogens is 4. The maximum absolute atomic E-state index is 5.94. The average Bonchev–Trinajstić information content (AvgIpc) is 2.83. The molecule has 0 aliphatic heterocycles. The van der Waals surface area contributed by atoms with Gasteiger partial charge in [-0.3, -0.25) is 5.10 Å². The van der Waals surface area contributed by atoms with Gasteiger partial charge in [0.25, 0.3) is 0 Å². The number of rotatable bonds is 2. The first-order chi connectivity index (χ1) is 9.61. The lowest BCUT2D eigenvalue weighted by molar-refractivity contribution is 0.408. The summed E-state index contributed by atoms with van der Waals surface area (Å²) in [6, 6.07) is 4.04. The molecule has 2 heterocycles. The summed E-state index contributed by atoms with van der Waals surface area (Å²) in [4.78, 5) is 8.16. The summed E-state index contributed by atoms with van der Waals surface area (Å²) < 4.78 is 5.38. The maximum Gasteiger partial charge on any atom is 0.161 e.